The van der Waals surface area contributed by atoms with Crippen molar-refractivity contribution in [1.82, 2.24) is 29.1 Å². The molecule has 0 radical (unpaired) electrons. The minimum atomic E-state index is -3.63. The predicted octanol–water partition coefficient (Wildman–Crippen LogP) is -0.214. The maximum atomic E-state index is 12.7. The van der Waals surface area contributed by atoms with Gasteiger partial charge in [0.2, 0.25) is 10.0 Å². The Kier molecular flexibility index (Phi) is 7.28. The van der Waals surface area contributed by atoms with Crippen molar-refractivity contribution in [2.45, 2.75) is 36.4 Å². The predicted molar refractivity (Wildman–Crippen MR) is 137 cm³/mol. The van der Waals surface area contributed by atoms with E-state index >= 15 is 0 Å². The molecule has 0 spiro atoms. The summed E-state index contributed by atoms with van der Waals surface area (Å²) in [6, 6.07) is 5.07. The van der Waals surface area contributed by atoms with Gasteiger partial charge in [-0.25, -0.2) is 28.2 Å². The molecule has 1 aromatic carbocycles. The average Bonchev–Trinajstić information content (AvgIpc) is 3.66. The van der Waals surface area contributed by atoms with Crippen LogP contribution >= 0.6 is 0 Å². The molecular formula is C23H26N8O7S. The molecular weight excluding hydrogens is 532 g/mol. The maximum Gasteiger partial charge on any atom is 0.324 e. The number of imidazole rings is 1. The molecule has 4 heterocycles. The number of anilines is 2. The summed E-state index contributed by atoms with van der Waals surface area (Å²) in [6.07, 6.45) is 0.636. The van der Waals surface area contributed by atoms with Crippen molar-refractivity contribution in [1.29, 1.82) is 0 Å². The van der Waals surface area contributed by atoms with E-state index in [9.17, 15) is 28.2 Å². The monoisotopic (exact) mass is 558 g/mol. The second kappa shape index (κ2) is 10.7. The van der Waals surface area contributed by atoms with Crippen LogP contribution in [0.3, 0.4) is 0 Å². The Morgan fingerprint density at radius 3 is 2.46 bits per heavy atom. The molecule has 3 amide bonds. The highest BCUT2D eigenvalue weighted by atomic mass is 32.2. The summed E-state index contributed by atoms with van der Waals surface area (Å²) in [6.45, 7) is 2.67. The van der Waals surface area contributed by atoms with Crippen molar-refractivity contribution in [2.75, 3.05) is 30.3 Å². The first-order valence-electron chi connectivity index (χ1n) is 12.0. The van der Waals surface area contributed by atoms with Gasteiger partial charge in [-0.1, -0.05) is 12.2 Å². The second-order valence-electron chi connectivity index (χ2n) is 8.77. The number of hydrogen-bond donors (Lipinski definition) is 5. The number of aliphatic hydroxyl groups excluding tert-OH is 2. The summed E-state index contributed by atoms with van der Waals surface area (Å²) in [5, 5.41) is 28.5. The number of nitrogens with one attached hydrogen (secondary N) is 3. The van der Waals surface area contributed by atoms with Crippen molar-refractivity contribution >= 4 is 44.6 Å². The molecule has 0 aliphatic carbocycles. The zero-order valence-corrected chi connectivity index (χ0v) is 21.4. The molecule has 5 N–H and O–H groups in total. The SMILES string of the molecule is CCNC(=O)[C@H]1OC(n2cnc3c(NC(=O)Nc4ccc(S(=O)(=O)N5CC=CC5)cc4)ncnc32)[C@H](O)[C@@H]1O. The van der Waals surface area contributed by atoms with E-state index in [0.717, 1.165) is 0 Å². The van der Waals surface area contributed by atoms with Crippen molar-refractivity contribution in [2.24, 2.45) is 0 Å². The van der Waals surface area contributed by atoms with E-state index in [1.54, 1.807) is 19.1 Å². The summed E-state index contributed by atoms with van der Waals surface area (Å²) >= 11 is 0. The maximum absolute atomic E-state index is 12.7. The fourth-order valence-electron chi connectivity index (χ4n) is 4.29. The number of fused-ring (bicyclic) bond motifs is 1. The molecule has 5 rings (SSSR count). The minimum absolute atomic E-state index is 0.0466. The lowest BCUT2D eigenvalue weighted by Gasteiger charge is -2.16. The van der Waals surface area contributed by atoms with Crippen LogP contribution in [-0.2, 0) is 19.6 Å². The van der Waals surface area contributed by atoms with E-state index < -0.39 is 46.5 Å². The molecule has 4 atom stereocenters. The van der Waals surface area contributed by atoms with Crippen LogP contribution in [0.25, 0.3) is 11.2 Å². The Balaban J connectivity index is 1.29. The molecule has 1 fully saturated rings. The number of aliphatic hydroxyl groups is 2. The summed E-state index contributed by atoms with van der Waals surface area (Å²) in [4.78, 5) is 37.4. The van der Waals surface area contributed by atoms with Crippen LogP contribution in [0.15, 0.2) is 54.0 Å². The molecule has 0 saturated carbocycles. The van der Waals surface area contributed by atoms with Gasteiger partial charge in [-0.2, -0.15) is 4.31 Å². The number of urea groups is 1. The van der Waals surface area contributed by atoms with Gasteiger partial charge in [0.15, 0.2) is 29.3 Å². The first kappa shape index (κ1) is 26.6. The zero-order valence-electron chi connectivity index (χ0n) is 20.6. The number of benzene rings is 1. The average molecular weight is 559 g/mol. The van der Waals surface area contributed by atoms with E-state index in [1.807, 2.05) is 0 Å². The molecule has 0 bridgehead atoms. The van der Waals surface area contributed by atoms with Crippen molar-refractivity contribution in [3.63, 3.8) is 0 Å². The molecule has 1 unspecified atom stereocenters. The van der Waals surface area contributed by atoms with Gasteiger partial charge in [-0.3, -0.25) is 14.7 Å². The van der Waals surface area contributed by atoms with Gasteiger partial charge < -0.3 is 25.6 Å². The first-order chi connectivity index (χ1) is 18.7. The van der Waals surface area contributed by atoms with Crippen molar-refractivity contribution < 1.29 is 33.0 Å². The highest BCUT2D eigenvalue weighted by Crippen LogP contribution is 2.32. The largest absolute Gasteiger partial charge is 0.387 e. The molecule has 2 aliphatic heterocycles. The number of aromatic nitrogens is 4. The quantitative estimate of drug-likeness (QED) is 0.242. The Bertz CT molecular complexity index is 1520. The van der Waals surface area contributed by atoms with Crippen molar-refractivity contribution in [3.05, 3.63) is 49.1 Å². The summed E-state index contributed by atoms with van der Waals surface area (Å²) in [5.74, 6) is -0.520. The molecule has 16 heteroatoms. The van der Waals surface area contributed by atoms with Crippen LogP contribution in [-0.4, -0.2) is 92.3 Å². The number of likely N-dealkylation sites (N-methyl/N-ethyl adjacent to an activating group) is 1. The van der Waals surface area contributed by atoms with Gasteiger partial charge in [0, 0.05) is 25.3 Å². The normalized spacial score (nSPS) is 23.3. The topological polar surface area (TPSA) is 201 Å². The van der Waals surface area contributed by atoms with Crippen LogP contribution < -0.4 is 16.0 Å². The third-order valence-corrected chi connectivity index (χ3v) is 8.09. The first-order valence-corrected chi connectivity index (χ1v) is 13.4. The number of hydrogen-bond acceptors (Lipinski definition) is 10. The summed E-state index contributed by atoms with van der Waals surface area (Å²) in [7, 11) is -3.63. The number of nitrogens with zero attached hydrogens (tertiary/aromatic N) is 5. The minimum Gasteiger partial charge on any atom is -0.387 e. The molecule has 2 aromatic heterocycles. The zero-order chi connectivity index (χ0) is 27.7. The summed E-state index contributed by atoms with van der Waals surface area (Å²) < 4.78 is 33.6. The van der Waals surface area contributed by atoms with Crippen LogP contribution in [0.5, 0.6) is 0 Å². The summed E-state index contributed by atoms with van der Waals surface area (Å²) in [5.41, 5.74) is 0.689. The van der Waals surface area contributed by atoms with E-state index in [1.165, 1.54) is 45.8 Å². The smallest absolute Gasteiger partial charge is 0.324 e. The number of sulfonamides is 1. The lowest BCUT2D eigenvalue weighted by molar-refractivity contribution is -0.137. The van der Waals surface area contributed by atoms with Crippen LogP contribution in [0, 0.1) is 0 Å². The molecule has 15 nitrogen and oxygen atoms in total. The van der Waals surface area contributed by atoms with E-state index in [0.29, 0.717) is 25.3 Å². The fourth-order valence-corrected chi connectivity index (χ4v) is 5.64. The Morgan fingerprint density at radius 1 is 1.05 bits per heavy atom. The van der Waals surface area contributed by atoms with Gasteiger partial charge in [0.1, 0.15) is 18.5 Å². The number of carbonyl (C=O) groups excluding carboxylic acids is 2. The van der Waals surface area contributed by atoms with Gasteiger partial charge in [-0.05, 0) is 31.2 Å². The molecule has 1 saturated heterocycles. The molecule has 2 aliphatic rings. The van der Waals surface area contributed by atoms with Gasteiger partial charge in [0.25, 0.3) is 5.91 Å². The number of amides is 3. The highest BCUT2D eigenvalue weighted by Gasteiger charge is 2.47. The Morgan fingerprint density at radius 2 is 1.77 bits per heavy atom. The lowest BCUT2D eigenvalue weighted by atomic mass is 10.1. The van der Waals surface area contributed by atoms with E-state index in [4.69, 9.17) is 4.74 Å². The van der Waals surface area contributed by atoms with Gasteiger partial charge in [0.05, 0.1) is 11.2 Å². The third-order valence-electron chi connectivity index (χ3n) is 6.25. The standard InChI is InChI=1S/C23H26N8O7S/c1-2-24-21(34)18-16(32)17(33)22(38-18)31-12-27-15-19(25-11-26-20(15)31)29-23(35)28-13-5-7-14(8-6-13)39(36,37)30-9-3-4-10-30/h3-8,11-12,16-18,22,32-33H,2,9-10H2,1H3,(H,24,34)(H2,25,26,28,29,35)/t16-,17+,18-,22?/m0/s1. The highest BCUT2D eigenvalue weighted by molar-refractivity contribution is 7.89. The molecule has 206 valence electrons. The Labute approximate surface area is 222 Å². The number of rotatable bonds is 7. The van der Waals surface area contributed by atoms with Crippen LogP contribution in [0.4, 0.5) is 16.3 Å². The lowest BCUT2D eigenvalue weighted by Crippen LogP contribution is -2.42. The molecule has 3 aromatic rings. The third kappa shape index (κ3) is 5.07. The van der Waals surface area contributed by atoms with Crippen molar-refractivity contribution in [3.8, 4) is 0 Å². The van der Waals surface area contributed by atoms with E-state index in [-0.39, 0.29) is 21.9 Å². The Hall–Kier alpha value is -3.96. The second-order valence-corrected chi connectivity index (χ2v) is 10.7. The van der Waals surface area contributed by atoms with E-state index in [2.05, 4.69) is 30.9 Å². The van der Waals surface area contributed by atoms with Gasteiger partial charge >= 0.3 is 6.03 Å². The van der Waals surface area contributed by atoms with Crippen LogP contribution in [0.2, 0.25) is 0 Å². The van der Waals surface area contributed by atoms with Gasteiger partial charge in [-0.15, -0.1) is 0 Å². The fraction of sp³-hybridized carbons (Fsp3) is 0.348. The number of ether oxygens (including phenoxy) is 1. The molecule has 39 heavy (non-hydrogen) atoms. The van der Waals surface area contributed by atoms with Crippen LogP contribution in [0.1, 0.15) is 13.2 Å². The number of carbonyl (C=O) groups is 2.